The predicted octanol–water partition coefficient (Wildman–Crippen LogP) is 1.71. The van der Waals surface area contributed by atoms with Crippen molar-refractivity contribution in [3.63, 3.8) is 0 Å². The Morgan fingerprint density at radius 2 is 1.68 bits per heavy atom. The van der Waals surface area contributed by atoms with E-state index in [0.717, 1.165) is 6.08 Å². The Hall–Kier alpha value is -2.63. The topological polar surface area (TPSA) is 78.9 Å². The van der Waals surface area contributed by atoms with Gasteiger partial charge in [-0.05, 0) is 12.1 Å². The summed E-state index contributed by atoms with van der Waals surface area (Å²) >= 11 is 0. The van der Waals surface area contributed by atoms with E-state index in [-0.39, 0.29) is 18.8 Å². The summed E-state index contributed by atoms with van der Waals surface area (Å²) in [5, 5.41) is 0. The molecule has 1 rings (SSSR count). The molecule has 0 saturated heterocycles. The van der Waals surface area contributed by atoms with Crippen LogP contribution in [0, 0.1) is 0 Å². The average molecular weight is 264 g/mol. The van der Waals surface area contributed by atoms with Gasteiger partial charge in [0.15, 0.2) is 0 Å². The average Bonchev–Trinajstić information content (AvgIpc) is 2.44. The Balaban J connectivity index is 2.26. The number of esters is 2. The van der Waals surface area contributed by atoms with Crippen molar-refractivity contribution in [1.82, 2.24) is 0 Å². The lowest BCUT2D eigenvalue weighted by molar-refractivity contribution is -0.138. The van der Waals surface area contributed by atoms with E-state index in [1.165, 1.54) is 12.1 Å². The van der Waals surface area contributed by atoms with Crippen LogP contribution in [0.5, 0.6) is 0 Å². The molecular formula is C13H12O6. The first-order valence-corrected chi connectivity index (χ1v) is 5.36. The maximum Gasteiger partial charge on any atom is 0.516 e. The first kappa shape index (κ1) is 14.4. The van der Waals surface area contributed by atoms with Crippen LogP contribution in [0.25, 0.3) is 0 Å². The molecule has 6 heteroatoms. The van der Waals surface area contributed by atoms with Crippen LogP contribution < -0.4 is 0 Å². The Bertz CT molecular complexity index is 465. The van der Waals surface area contributed by atoms with E-state index < -0.39 is 18.1 Å². The molecular weight excluding hydrogens is 252 g/mol. The van der Waals surface area contributed by atoms with E-state index in [1.807, 2.05) is 0 Å². The van der Waals surface area contributed by atoms with Gasteiger partial charge in [0.05, 0.1) is 5.56 Å². The summed E-state index contributed by atoms with van der Waals surface area (Å²) in [6.07, 6.45) is -0.166. The maximum absolute atomic E-state index is 11.4. The quantitative estimate of drug-likeness (QED) is 0.348. The third-order valence-corrected chi connectivity index (χ3v) is 1.90. The summed E-state index contributed by atoms with van der Waals surface area (Å²) in [5.74, 6) is -1.44. The number of hydrogen-bond acceptors (Lipinski definition) is 6. The van der Waals surface area contributed by atoms with Gasteiger partial charge in [0.1, 0.15) is 13.2 Å². The third-order valence-electron chi connectivity index (χ3n) is 1.90. The van der Waals surface area contributed by atoms with E-state index >= 15 is 0 Å². The highest BCUT2D eigenvalue weighted by Gasteiger charge is 2.13. The van der Waals surface area contributed by atoms with Crippen LogP contribution in [0.1, 0.15) is 10.4 Å². The van der Waals surface area contributed by atoms with Gasteiger partial charge in [-0.25, -0.2) is 14.4 Å². The summed E-state index contributed by atoms with van der Waals surface area (Å²) in [7, 11) is 0. The van der Waals surface area contributed by atoms with Gasteiger partial charge in [-0.3, -0.25) is 0 Å². The van der Waals surface area contributed by atoms with Crippen molar-refractivity contribution in [3.05, 3.63) is 48.6 Å². The molecule has 0 amide bonds. The van der Waals surface area contributed by atoms with Crippen LogP contribution in [-0.2, 0) is 19.0 Å². The molecule has 0 aliphatic carbocycles. The predicted molar refractivity (Wildman–Crippen MR) is 64.4 cm³/mol. The van der Waals surface area contributed by atoms with E-state index in [9.17, 15) is 14.4 Å². The zero-order valence-corrected chi connectivity index (χ0v) is 10.0. The minimum atomic E-state index is -1.15. The number of ether oxygens (including phenoxy) is 3. The van der Waals surface area contributed by atoms with E-state index in [4.69, 9.17) is 0 Å². The summed E-state index contributed by atoms with van der Waals surface area (Å²) < 4.78 is 13.5. The van der Waals surface area contributed by atoms with Crippen LogP contribution in [0.15, 0.2) is 43.0 Å². The highest BCUT2D eigenvalue weighted by molar-refractivity contribution is 5.95. The summed E-state index contributed by atoms with van der Waals surface area (Å²) in [6.45, 7) is 2.85. The number of carbonyl (C=O) groups is 3. The molecule has 0 aliphatic heterocycles. The SMILES string of the molecule is C=CC(=O)OCCOC(=O)OC(=O)c1ccccc1. The molecule has 0 radical (unpaired) electrons. The first-order chi connectivity index (χ1) is 9.13. The number of carbonyl (C=O) groups excluding carboxylic acids is 3. The van der Waals surface area contributed by atoms with Crippen molar-refractivity contribution in [2.24, 2.45) is 0 Å². The van der Waals surface area contributed by atoms with Crippen molar-refractivity contribution in [1.29, 1.82) is 0 Å². The first-order valence-electron chi connectivity index (χ1n) is 5.36. The fraction of sp³-hybridized carbons (Fsp3) is 0.154. The van der Waals surface area contributed by atoms with Gasteiger partial charge in [0.25, 0.3) is 0 Å². The minimum absolute atomic E-state index is 0.139. The fourth-order valence-electron chi connectivity index (χ4n) is 1.06. The Labute approximate surface area is 109 Å². The molecule has 0 saturated carbocycles. The summed E-state index contributed by atoms with van der Waals surface area (Å²) in [4.78, 5) is 33.2. The molecule has 0 atom stereocenters. The fourth-order valence-corrected chi connectivity index (χ4v) is 1.06. The van der Waals surface area contributed by atoms with Crippen LogP contribution in [0.3, 0.4) is 0 Å². The monoisotopic (exact) mass is 264 g/mol. The van der Waals surface area contributed by atoms with E-state index in [2.05, 4.69) is 20.8 Å². The van der Waals surface area contributed by atoms with Gasteiger partial charge in [0, 0.05) is 6.08 Å². The number of rotatable bonds is 5. The smallest absolute Gasteiger partial charge is 0.459 e. The maximum atomic E-state index is 11.4. The van der Waals surface area contributed by atoms with Crippen LogP contribution in [-0.4, -0.2) is 31.3 Å². The van der Waals surface area contributed by atoms with Crippen LogP contribution in [0.2, 0.25) is 0 Å². The van der Waals surface area contributed by atoms with Gasteiger partial charge in [-0.1, -0.05) is 24.8 Å². The third kappa shape index (κ3) is 5.49. The zero-order chi connectivity index (χ0) is 14.1. The van der Waals surface area contributed by atoms with Crippen LogP contribution >= 0.6 is 0 Å². The molecule has 0 spiro atoms. The molecule has 100 valence electrons. The second-order valence-corrected chi connectivity index (χ2v) is 3.23. The lowest BCUT2D eigenvalue weighted by atomic mass is 10.2. The Morgan fingerprint density at radius 1 is 1.05 bits per heavy atom. The van der Waals surface area contributed by atoms with Crippen molar-refractivity contribution < 1.29 is 28.6 Å². The number of hydrogen-bond donors (Lipinski definition) is 0. The normalized spacial score (nSPS) is 9.26. The minimum Gasteiger partial charge on any atom is -0.459 e. The molecule has 1 aromatic rings. The van der Waals surface area contributed by atoms with E-state index in [0.29, 0.717) is 0 Å². The van der Waals surface area contributed by atoms with Gasteiger partial charge in [0.2, 0.25) is 0 Å². The van der Waals surface area contributed by atoms with Crippen molar-refractivity contribution in [2.75, 3.05) is 13.2 Å². The summed E-state index contributed by atoms with van der Waals surface area (Å²) in [6, 6.07) is 8.00. The van der Waals surface area contributed by atoms with Crippen molar-refractivity contribution in [2.45, 2.75) is 0 Å². The van der Waals surface area contributed by atoms with Gasteiger partial charge >= 0.3 is 18.1 Å². The molecule has 0 unspecified atom stereocenters. The van der Waals surface area contributed by atoms with Crippen molar-refractivity contribution in [3.8, 4) is 0 Å². The molecule has 0 heterocycles. The van der Waals surface area contributed by atoms with Gasteiger partial charge in [-0.2, -0.15) is 0 Å². The van der Waals surface area contributed by atoms with Crippen molar-refractivity contribution >= 4 is 18.1 Å². The van der Waals surface area contributed by atoms with E-state index in [1.54, 1.807) is 18.2 Å². The molecule has 6 nitrogen and oxygen atoms in total. The highest BCUT2D eigenvalue weighted by atomic mass is 16.7. The summed E-state index contributed by atoms with van der Waals surface area (Å²) in [5.41, 5.74) is 0.234. The van der Waals surface area contributed by atoms with Crippen LogP contribution in [0.4, 0.5) is 4.79 Å². The molecule has 0 N–H and O–H groups in total. The lowest BCUT2D eigenvalue weighted by Gasteiger charge is -2.05. The molecule has 0 aliphatic rings. The zero-order valence-electron chi connectivity index (χ0n) is 10.0. The number of benzene rings is 1. The standard InChI is InChI=1S/C13H12O6/c1-2-11(14)17-8-9-18-13(16)19-12(15)10-6-4-3-5-7-10/h2-7H,1,8-9H2. The lowest BCUT2D eigenvalue weighted by Crippen LogP contribution is -2.17. The van der Waals surface area contributed by atoms with Gasteiger partial charge < -0.3 is 14.2 Å². The second-order valence-electron chi connectivity index (χ2n) is 3.23. The second kappa shape index (κ2) is 7.65. The molecule has 0 fully saturated rings. The molecule has 19 heavy (non-hydrogen) atoms. The Morgan fingerprint density at radius 3 is 2.32 bits per heavy atom. The largest absolute Gasteiger partial charge is 0.516 e. The molecule has 0 bridgehead atoms. The molecule has 1 aromatic carbocycles. The molecule has 0 aromatic heterocycles. The van der Waals surface area contributed by atoms with Gasteiger partial charge in [-0.15, -0.1) is 0 Å². The highest BCUT2D eigenvalue weighted by Crippen LogP contribution is 2.02. The Kier molecular flexibility index (Phi) is 5.81.